The Hall–Kier alpha value is -1.69. The van der Waals surface area contributed by atoms with Crippen molar-refractivity contribution < 1.29 is 9.53 Å². The average molecular weight is 361 g/mol. The Bertz CT molecular complexity index is 699. The third-order valence-electron chi connectivity index (χ3n) is 2.66. The van der Waals surface area contributed by atoms with E-state index >= 15 is 0 Å². The van der Waals surface area contributed by atoms with E-state index in [2.05, 4.69) is 10.3 Å². The van der Waals surface area contributed by atoms with E-state index in [4.69, 9.17) is 45.3 Å². The largest absolute Gasteiger partial charge is 0.478 e. The lowest BCUT2D eigenvalue weighted by Gasteiger charge is -2.10. The first-order chi connectivity index (χ1) is 10.4. The summed E-state index contributed by atoms with van der Waals surface area (Å²) in [6.07, 6.45) is 0. The normalized spacial score (nSPS) is 10.4. The highest BCUT2D eigenvalue weighted by molar-refractivity contribution is 6.39. The van der Waals surface area contributed by atoms with Crippen molar-refractivity contribution in [3.63, 3.8) is 0 Å². The van der Waals surface area contributed by atoms with Crippen LogP contribution < -0.4 is 15.8 Å². The van der Waals surface area contributed by atoms with Crippen LogP contribution in [-0.4, -0.2) is 17.5 Å². The number of carbonyl (C=O) groups excluding carboxylic acids is 1. The van der Waals surface area contributed by atoms with E-state index in [1.807, 2.05) is 6.92 Å². The van der Waals surface area contributed by atoms with Crippen molar-refractivity contribution in [1.29, 1.82) is 0 Å². The number of hydrogen-bond donors (Lipinski definition) is 2. The van der Waals surface area contributed by atoms with Crippen LogP contribution in [-0.2, 0) is 0 Å². The molecule has 1 aromatic carbocycles. The highest BCUT2D eigenvalue weighted by Gasteiger charge is 2.15. The second-order valence-corrected chi connectivity index (χ2v) is 5.44. The summed E-state index contributed by atoms with van der Waals surface area (Å²) in [5, 5.41) is 3.30. The van der Waals surface area contributed by atoms with Crippen LogP contribution in [0.2, 0.25) is 15.1 Å². The van der Waals surface area contributed by atoms with Crippen LogP contribution in [0.4, 0.5) is 11.4 Å². The van der Waals surface area contributed by atoms with E-state index in [9.17, 15) is 4.79 Å². The summed E-state index contributed by atoms with van der Waals surface area (Å²) < 4.78 is 5.25. The molecule has 0 aliphatic rings. The Kier molecular flexibility index (Phi) is 5.34. The number of anilines is 2. The summed E-state index contributed by atoms with van der Waals surface area (Å²) in [4.78, 5) is 16.3. The smallest absolute Gasteiger partial charge is 0.275 e. The molecule has 0 saturated carbocycles. The first kappa shape index (κ1) is 16.7. The van der Waals surface area contributed by atoms with Crippen molar-refractivity contribution in [2.75, 3.05) is 17.7 Å². The van der Waals surface area contributed by atoms with Crippen molar-refractivity contribution in [3.8, 4) is 5.88 Å². The maximum absolute atomic E-state index is 12.3. The van der Waals surface area contributed by atoms with E-state index in [1.165, 1.54) is 18.2 Å². The molecule has 1 heterocycles. The van der Waals surface area contributed by atoms with Gasteiger partial charge in [0.15, 0.2) is 5.69 Å². The standard InChI is InChI=1S/C14H12Cl3N3O2/c1-2-22-11-4-3-8(15)13(20-11)14(21)19-7-5-9(16)12(18)10(17)6-7/h3-6H,2,18H2,1H3,(H,19,21). The maximum Gasteiger partial charge on any atom is 0.275 e. The van der Waals surface area contributed by atoms with Gasteiger partial charge in [-0.2, -0.15) is 0 Å². The molecule has 5 nitrogen and oxygen atoms in total. The molecule has 0 bridgehead atoms. The minimum Gasteiger partial charge on any atom is -0.478 e. The molecule has 3 N–H and O–H groups in total. The molecule has 0 aliphatic heterocycles. The summed E-state index contributed by atoms with van der Waals surface area (Å²) in [5.41, 5.74) is 6.31. The van der Waals surface area contributed by atoms with Gasteiger partial charge in [0.1, 0.15) is 0 Å². The van der Waals surface area contributed by atoms with E-state index in [1.54, 1.807) is 6.07 Å². The predicted octanol–water partition coefficient (Wildman–Crippen LogP) is 4.28. The molecule has 2 aromatic rings. The second-order valence-electron chi connectivity index (χ2n) is 4.22. The third kappa shape index (κ3) is 3.74. The molecule has 1 amide bonds. The first-order valence-corrected chi connectivity index (χ1v) is 7.41. The van der Waals surface area contributed by atoms with Crippen molar-refractivity contribution in [2.24, 2.45) is 0 Å². The van der Waals surface area contributed by atoms with Gasteiger partial charge in [-0.15, -0.1) is 0 Å². The Morgan fingerprint density at radius 3 is 2.45 bits per heavy atom. The average Bonchev–Trinajstić information content (AvgIpc) is 2.47. The number of nitrogens with one attached hydrogen (secondary N) is 1. The quantitative estimate of drug-likeness (QED) is 0.798. The fourth-order valence-electron chi connectivity index (χ4n) is 1.66. The van der Waals surface area contributed by atoms with Crippen LogP contribution >= 0.6 is 34.8 Å². The van der Waals surface area contributed by atoms with Crippen molar-refractivity contribution in [1.82, 2.24) is 4.98 Å². The van der Waals surface area contributed by atoms with Gasteiger partial charge in [0.2, 0.25) is 5.88 Å². The molecule has 22 heavy (non-hydrogen) atoms. The number of halogens is 3. The number of amides is 1. The monoisotopic (exact) mass is 359 g/mol. The van der Waals surface area contributed by atoms with Crippen LogP contribution in [0.25, 0.3) is 0 Å². The minimum absolute atomic E-state index is 0.0386. The van der Waals surface area contributed by atoms with Gasteiger partial charge >= 0.3 is 0 Å². The van der Waals surface area contributed by atoms with Crippen molar-refractivity contribution in [3.05, 3.63) is 45.0 Å². The van der Waals surface area contributed by atoms with Gasteiger partial charge in [-0.25, -0.2) is 4.98 Å². The van der Waals surface area contributed by atoms with Crippen molar-refractivity contribution >= 4 is 52.1 Å². The molecular formula is C14H12Cl3N3O2. The predicted molar refractivity (Wildman–Crippen MR) is 89.2 cm³/mol. The van der Waals surface area contributed by atoms with E-state index in [0.717, 1.165) is 0 Å². The van der Waals surface area contributed by atoms with Crippen LogP contribution in [0.3, 0.4) is 0 Å². The van der Waals surface area contributed by atoms with Crippen LogP contribution in [0.5, 0.6) is 5.88 Å². The molecule has 2 rings (SSSR count). The SMILES string of the molecule is CCOc1ccc(Cl)c(C(=O)Nc2cc(Cl)c(N)c(Cl)c2)n1. The van der Waals surface area contributed by atoms with Crippen LogP contribution in [0, 0.1) is 0 Å². The molecule has 1 aromatic heterocycles. The van der Waals surface area contributed by atoms with Crippen LogP contribution in [0.15, 0.2) is 24.3 Å². The van der Waals surface area contributed by atoms with Gasteiger partial charge in [0.25, 0.3) is 5.91 Å². The molecule has 0 saturated heterocycles. The van der Waals surface area contributed by atoms with Gasteiger partial charge in [0.05, 0.1) is 27.4 Å². The highest BCUT2D eigenvalue weighted by Crippen LogP contribution is 2.31. The zero-order valence-electron chi connectivity index (χ0n) is 11.5. The molecule has 0 fully saturated rings. The minimum atomic E-state index is -0.511. The van der Waals surface area contributed by atoms with E-state index in [0.29, 0.717) is 18.2 Å². The van der Waals surface area contributed by atoms with Gasteiger partial charge in [-0.1, -0.05) is 34.8 Å². The number of rotatable bonds is 4. The molecule has 0 radical (unpaired) electrons. The lowest BCUT2D eigenvalue weighted by Crippen LogP contribution is -2.15. The summed E-state index contributed by atoms with van der Waals surface area (Å²) in [6.45, 7) is 2.24. The maximum atomic E-state index is 12.3. The zero-order valence-corrected chi connectivity index (χ0v) is 13.8. The Balaban J connectivity index is 2.27. The fourth-order valence-corrected chi connectivity index (χ4v) is 2.34. The number of carbonyl (C=O) groups is 1. The number of hydrogen-bond acceptors (Lipinski definition) is 4. The Morgan fingerprint density at radius 2 is 1.86 bits per heavy atom. The summed E-state index contributed by atoms with van der Waals surface area (Å²) >= 11 is 17.8. The lowest BCUT2D eigenvalue weighted by atomic mass is 10.2. The lowest BCUT2D eigenvalue weighted by molar-refractivity contribution is 0.102. The molecule has 0 unspecified atom stereocenters. The number of ether oxygens (including phenoxy) is 1. The summed E-state index contributed by atoms with van der Waals surface area (Å²) in [7, 11) is 0. The fraction of sp³-hybridized carbons (Fsp3) is 0.143. The van der Waals surface area contributed by atoms with Gasteiger partial charge in [-0.05, 0) is 25.1 Å². The second kappa shape index (κ2) is 7.05. The number of nitrogen functional groups attached to an aromatic ring is 1. The molecule has 8 heteroatoms. The Morgan fingerprint density at radius 1 is 1.23 bits per heavy atom. The number of nitrogens with two attached hydrogens (primary N) is 1. The van der Waals surface area contributed by atoms with Crippen LogP contribution in [0.1, 0.15) is 17.4 Å². The molecule has 0 spiro atoms. The summed E-state index contributed by atoms with van der Waals surface area (Å²) in [6, 6.07) is 6.10. The summed E-state index contributed by atoms with van der Waals surface area (Å²) in [5.74, 6) is -0.200. The number of pyridine rings is 1. The number of benzene rings is 1. The van der Waals surface area contributed by atoms with Gasteiger partial charge < -0.3 is 15.8 Å². The number of aromatic nitrogens is 1. The third-order valence-corrected chi connectivity index (χ3v) is 3.60. The number of nitrogens with zero attached hydrogens (tertiary/aromatic N) is 1. The van der Waals surface area contributed by atoms with Gasteiger partial charge in [0, 0.05) is 11.8 Å². The zero-order chi connectivity index (χ0) is 16.3. The molecule has 116 valence electrons. The highest BCUT2D eigenvalue weighted by atomic mass is 35.5. The van der Waals surface area contributed by atoms with Gasteiger partial charge in [-0.3, -0.25) is 4.79 Å². The topological polar surface area (TPSA) is 77.2 Å². The molecule has 0 aliphatic carbocycles. The van der Waals surface area contributed by atoms with E-state index < -0.39 is 5.91 Å². The first-order valence-electron chi connectivity index (χ1n) is 6.27. The molecule has 0 atom stereocenters. The van der Waals surface area contributed by atoms with E-state index in [-0.39, 0.29) is 26.4 Å². The Labute approximate surface area is 142 Å². The van der Waals surface area contributed by atoms with Crippen molar-refractivity contribution in [2.45, 2.75) is 6.92 Å². The molecular weight excluding hydrogens is 349 g/mol.